The molecule has 1 amide bonds. The lowest BCUT2D eigenvalue weighted by molar-refractivity contribution is -0.118. The molecular weight excluding hydrogens is 174 g/mol. The van der Waals surface area contributed by atoms with Gasteiger partial charge in [0.15, 0.2) is 0 Å². The molecule has 14 heavy (non-hydrogen) atoms. The predicted molar refractivity (Wildman–Crippen MR) is 56.1 cm³/mol. The summed E-state index contributed by atoms with van der Waals surface area (Å²) in [6, 6.07) is 6.32. The molecule has 1 aromatic rings. The van der Waals surface area contributed by atoms with Crippen molar-refractivity contribution in [2.45, 2.75) is 32.1 Å². The molecule has 2 N–H and O–H groups in total. The van der Waals surface area contributed by atoms with E-state index in [1.807, 2.05) is 0 Å². The third-order valence-electron chi connectivity index (χ3n) is 3.08. The number of hydrogen-bond donors (Lipinski definition) is 1. The van der Waals surface area contributed by atoms with Crippen LogP contribution in [0.2, 0.25) is 0 Å². The average molecular weight is 189 g/mol. The van der Waals surface area contributed by atoms with E-state index >= 15 is 0 Å². The normalized spacial score (nSPS) is 19.4. The first-order valence-electron chi connectivity index (χ1n) is 5.05. The molecule has 2 rings (SSSR count). The smallest absolute Gasteiger partial charge is 0.218 e. The lowest BCUT2D eigenvalue weighted by Crippen LogP contribution is -2.13. The molecular formula is C12H15NO. The summed E-state index contributed by atoms with van der Waals surface area (Å²) in [4.78, 5) is 10.9. The van der Waals surface area contributed by atoms with Crippen LogP contribution in [-0.4, -0.2) is 5.91 Å². The van der Waals surface area contributed by atoms with Crippen molar-refractivity contribution >= 4 is 5.91 Å². The second-order valence-corrected chi connectivity index (χ2v) is 4.05. The first kappa shape index (κ1) is 9.25. The van der Waals surface area contributed by atoms with Gasteiger partial charge in [-0.15, -0.1) is 0 Å². The SMILES string of the molecule is Cc1cccc2c1CCC2CC(N)=O. The highest BCUT2D eigenvalue weighted by Crippen LogP contribution is 2.36. The molecule has 74 valence electrons. The summed E-state index contributed by atoms with van der Waals surface area (Å²) in [5.41, 5.74) is 9.34. The molecule has 0 spiro atoms. The average Bonchev–Trinajstić information content (AvgIpc) is 2.49. The Bertz CT molecular complexity index is 371. The van der Waals surface area contributed by atoms with E-state index in [0.29, 0.717) is 12.3 Å². The van der Waals surface area contributed by atoms with Crippen LogP contribution < -0.4 is 5.73 Å². The minimum Gasteiger partial charge on any atom is -0.370 e. The van der Waals surface area contributed by atoms with Gasteiger partial charge in [-0.25, -0.2) is 0 Å². The van der Waals surface area contributed by atoms with Crippen LogP contribution in [0.15, 0.2) is 18.2 Å². The van der Waals surface area contributed by atoms with Gasteiger partial charge < -0.3 is 5.73 Å². The number of primary amides is 1. The third-order valence-corrected chi connectivity index (χ3v) is 3.08. The summed E-state index contributed by atoms with van der Waals surface area (Å²) in [6.07, 6.45) is 2.67. The number of rotatable bonds is 2. The van der Waals surface area contributed by atoms with Crippen LogP contribution in [0.5, 0.6) is 0 Å². The van der Waals surface area contributed by atoms with Crippen molar-refractivity contribution in [2.75, 3.05) is 0 Å². The van der Waals surface area contributed by atoms with Gasteiger partial charge in [-0.3, -0.25) is 4.79 Å². The molecule has 2 heteroatoms. The van der Waals surface area contributed by atoms with E-state index < -0.39 is 0 Å². The Kier molecular flexibility index (Phi) is 2.28. The fourth-order valence-corrected chi connectivity index (χ4v) is 2.38. The van der Waals surface area contributed by atoms with E-state index in [4.69, 9.17) is 5.73 Å². The summed E-state index contributed by atoms with van der Waals surface area (Å²) in [5.74, 6) is 0.173. The quantitative estimate of drug-likeness (QED) is 0.758. The minimum atomic E-state index is -0.190. The number of aryl methyl sites for hydroxylation is 1. The molecule has 0 heterocycles. The molecule has 0 saturated carbocycles. The van der Waals surface area contributed by atoms with Crippen molar-refractivity contribution in [1.29, 1.82) is 0 Å². The fraction of sp³-hybridized carbons (Fsp3) is 0.417. The number of hydrogen-bond acceptors (Lipinski definition) is 1. The largest absolute Gasteiger partial charge is 0.370 e. The number of nitrogens with two attached hydrogens (primary N) is 1. The molecule has 0 aromatic heterocycles. The lowest BCUT2D eigenvalue weighted by atomic mass is 9.96. The molecule has 1 aliphatic carbocycles. The van der Waals surface area contributed by atoms with Crippen LogP contribution >= 0.6 is 0 Å². The van der Waals surface area contributed by atoms with Crippen molar-refractivity contribution < 1.29 is 4.79 Å². The van der Waals surface area contributed by atoms with Crippen LogP contribution in [0.1, 0.15) is 35.4 Å². The van der Waals surface area contributed by atoms with E-state index in [1.165, 1.54) is 16.7 Å². The maximum Gasteiger partial charge on any atom is 0.218 e. The number of amides is 1. The van der Waals surface area contributed by atoms with Crippen molar-refractivity contribution in [1.82, 2.24) is 0 Å². The molecule has 0 fully saturated rings. The van der Waals surface area contributed by atoms with Crippen molar-refractivity contribution in [3.8, 4) is 0 Å². The second kappa shape index (κ2) is 3.45. The molecule has 1 atom stereocenters. The number of carbonyl (C=O) groups is 1. The standard InChI is InChI=1S/C12H15NO/c1-8-3-2-4-11-9(7-12(13)14)5-6-10(8)11/h2-4,9H,5-7H2,1H3,(H2,13,14). The van der Waals surface area contributed by atoms with Gasteiger partial charge in [0.2, 0.25) is 5.91 Å². The maximum absolute atomic E-state index is 10.9. The molecule has 1 aromatic carbocycles. The van der Waals surface area contributed by atoms with Gasteiger partial charge in [0.25, 0.3) is 0 Å². The van der Waals surface area contributed by atoms with Crippen LogP contribution in [0.3, 0.4) is 0 Å². The Morgan fingerprint density at radius 3 is 3.07 bits per heavy atom. The van der Waals surface area contributed by atoms with Crippen LogP contribution in [0.4, 0.5) is 0 Å². The predicted octanol–water partition coefficient (Wildman–Crippen LogP) is 1.90. The first-order chi connectivity index (χ1) is 6.68. The van der Waals surface area contributed by atoms with Crippen molar-refractivity contribution in [2.24, 2.45) is 5.73 Å². The summed E-state index contributed by atoms with van der Waals surface area (Å²) < 4.78 is 0. The zero-order valence-corrected chi connectivity index (χ0v) is 8.42. The molecule has 0 aliphatic heterocycles. The highest BCUT2D eigenvalue weighted by Gasteiger charge is 2.24. The van der Waals surface area contributed by atoms with Crippen LogP contribution in [0.25, 0.3) is 0 Å². The van der Waals surface area contributed by atoms with Gasteiger partial charge in [0, 0.05) is 6.42 Å². The summed E-state index contributed by atoms with van der Waals surface area (Å²) >= 11 is 0. The molecule has 2 nitrogen and oxygen atoms in total. The topological polar surface area (TPSA) is 43.1 Å². The summed E-state index contributed by atoms with van der Waals surface area (Å²) in [7, 11) is 0. The van der Waals surface area contributed by atoms with Crippen LogP contribution in [-0.2, 0) is 11.2 Å². The molecule has 0 bridgehead atoms. The van der Waals surface area contributed by atoms with Crippen molar-refractivity contribution in [3.63, 3.8) is 0 Å². The maximum atomic E-state index is 10.9. The van der Waals surface area contributed by atoms with Gasteiger partial charge in [0.1, 0.15) is 0 Å². The number of benzene rings is 1. The Labute approximate surface area is 84.1 Å². The fourth-order valence-electron chi connectivity index (χ4n) is 2.38. The summed E-state index contributed by atoms with van der Waals surface area (Å²) in [6.45, 7) is 2.13. The molecule has 1 unspecified atom stereocenters. The van der Waals surface area contributed by atoms with E-state index in [-0.39, 0.29) is 5.91 Å². The third kappa shape index (κ3) is 1.52. The molecule has 0 saturated heterocycles. The highest BCUT2D eigenvalue weighted by atomic mass is 16.1. The lowest BCUT2D eigenvalue weighted by Gasteiger charge is -2.09. The number of fused-ring (bicyclic) bond motifs is 1. The Morgan fingerprint density at radius 2 is 2.36 bits per heavy atom. The molecule has 1 aliphatic rings. The van der Waals surface area contributed by atoms with E-state index in [0.717, 1.165) is 12.8 Å². The van der Waals surface area contributed by atoms with E-state index in [9.17, 15) is 4.79 Å². The van der Waals surface area contributed by atoms with E-state index in [1.54, 1.807) is 0 Å². The second-order valence-electron chi connectivity index (χ2n) is 4.05. The van der Waals surface area contributed by atoms with Gasteiger partial charge in [-0.05, 0) is 42.4 Å². The highest BCUT2D eigenvalue weighted by molar-refractivity contribution is 5.75. The Morgan fingerprint density at radius 1 is 1.57 bits per heavy atom. The van der Waals surface area contributed by atoms with Gasteiger partial charge in [0.05, 0.1) is 0 Å². The van der Waals surface area contributed by atoms with Gasteiger partial charge in [-0.1, -0.05) is 18.2 Å². The van der Waals surface area contributed by atoms with Gasteiger partial charge in [-0.2, -0.15) is 0 Å². The first-order valence-corrected chi connectivity index (χ1v) is 5.05. The number of carbonyl (C=O) groups excluding carboxylic acids is 1. The van der Waals surface area contributed by atoms with Crippen molar-refractivity contribution in [3.05, 3.63) is 34.9 Å². The summed E-state index contributed by atoms with van der Waals surface area (Å²) in [5, 5.41) is 0. The zero-order chi connectivity index (χ0) is 10.1. The zero-order valence-electron chi connectivity index (χ0n) is 8.42. The monoisotopic (exact) mass is 189 g/mol. The Hall–Kier alpha value is -1.31. The van der Waals surface area contributed by atoms with E-state index in [2.05, 4.69) is 25.1 Å². The van der Waals surface area contributed by atoms with Crippen LogP contribution in [0, 0.1) is 6.92 Å². The molecule has 0 radical (unpaired) electrons. The minimum absolute atomic E-state index is 0.190. The van der Waals surface area contributed by atoms with Gasteiger partial charge >= 0.3 is 0 Å². The Balaban J connectivity index is 2.30.